The summed E-state index contributed by atoms with van der Waals surface area (Å²) in [6.45, 7) is 4.27. The summed E-state index contributed by atoms with van der Waals surface area (Å²) in [5, 5.41) is 9.68. The molecule has 0 heterocycles. The first-order valence-corrected chi connectivity index (χ1v) is 11.9. The summed E-state index contributed by atoms with van der Waals surface area (Å²) in [5.41, 5.74) is 3.19. The number of carbonyl (C=O) groups excluding carboxylic acids is 1. The van der Waals surface area contributed by atoms with Crippen LogP contribution < -0.4 is 4.74 Å². The van der Waals surface area contributed by atoms with E-state index in [1.54, 1.807) is 0 Å². The Morgan fingerprint density at radius 2 is 1.71 bits per heavy atom. The van der Waals surface area contributed by atoms with Crippen LogP contribution >= 0.6 is 0 Å². The average Bonchev–Trinajstić information content (AvgIpc) is 2.80. The Kier molecular flexibility index (Phi) is 8.29. The summed E-state index contributed by atoms with van der Waals surface area (Å²) in [5.74, 6) is 0.166. The zero-order chi connectivity index (χ0) is 22.1. The lowest BCUT2D eigenvalue weighted by Gasteiger charge is -2.35. The molecule has 0 amide bonds. The number of benzene rings is 2. The highest BCUT2D eigenvalue weighted by Gasteiger charge is 2.43. The van der Waals surface area contributed by atoms with Crippen molar-refractivity contribution in [2.75, 3.05) is 0 Å². The van der Waals surface area contributed by atoms with E-state index >= 15 is 0 Å². The van der Waals surface area contributed by atoms with E-state index in [1.807, 2.05) is 18.2 Å². The summed E-state index contributed by atoms with van der Waals surface area (Å²) in [6.07, 6.45) is 11.9. The number of carbonyl (C=O) groups is 1. The van der Waals surface area contributed by atoms with Gasteiger partial charge in [-0.3, -0.25) is 4.79 Å². The Balaban J connectivity index is 1.75. The molecule has 0 unspecified atom stereocenters. The minimum Gasteiger partial charge on any atom is -0.424 e. The van der Waals surface area contributed by atoms with Crippen LogP contribution in [0.5, 0.6) is 5.75 Å². The molecule has 0 radical (unpaired) electrons. The number of hydrogen-bond donors (Lipinski definition) is 0. The smallest absolute Gasteiger partial charge is 0.321 e. The largest absolute Gasteiger partial charge is 0.424 e. The zero-order valence-electron chi connectivity index (χ0n) is 19.1. The molecule has 1 aliphatic rings. The average molecular weight is 418 g/mol. The van der Waals surface area contributed by atoms with Crippen molar-refractivity contribution in [1.29, 1.82) is 5.26 Å². The summed E-state index contributed by atoms with van der Waals surface area (Å²) in [6, 6.07) is 16.2. The fourth-order valence-electron chi connectivity index (χ4n) is 4.68. The van der Waals surface area contributed by atoms with Crippen LogP contribution in [-0.2, 0) is 16.6 Å². The molecular weight excluding hydrogens is 382 g/mol. The number of esters is 1. The Hall–Kier alpha value is -2.60. The van der Waals surface area contributed by atoms with Gasteiger partial charge in [0.1, 0.15) is 11.8 Å². The van der Waals surface area contributed by atoms with Gasteiger partial charge >= 0.3 is 5.97 Å². The zero-order valence-corrected chi connectivity index (χ0v) is 19.1. The molecule has 0 bridgehead atoms. The number of aryl methyl sites for hydroxylation is 2. The summed E-state index contributed by atoms with van der Waals surface area (Å²) in [4.78, 5) is 13.5. The minimum absolute atomic E-state index is 0.222. The van der Waals surface area contributed by atoms with Crippen LogP contribution in [0.4, 0.5) is 0 Å². The molecule has 3 heteroatoms. The van der Waals surface area contributed by atoms with Crippen LogP contribution in [0.15, 0.2) is 42.5 Å². The van der Waals surface area contributed by atoms with Crippen molar-refractivity contribution in [3.8, 4) is 11.8 Å². The van der Waals surface area contributed by atoms with Gasteiger partial charge in [-0.05, 0) is 55.9 Å². The quantitative estimate of drug-likeness (QED) is 0.246. The standard InChI is InChI=1S/C28H35NO2/c1-3-4-5-6-8-11-23-14-17-26(24(20-23)21-29)31-27(30)28(18-9-7-10-19-28)25-15-12-22(2)13-16-25/h12-17,20H,3-11,18-19H2,1-2H3. The van der Waals surface area contributed by atoms with E-state index in [0.717, 1.165) is 56.1 Å². The van der Waals surface area contributed by atoms with Crippen molar-refractivity contribution in [2.45, 2.75) is 89.9 Å². The van der Waals surface area contributed by atoms with Gasteiger partial charge in [-0.25, -0.2) is 0 Å². The fourth-order valence-corrected chi connectivity index (χ4v) is 4.68. The predicted octanol–water partition coefficient (Wildman–Crippen LogP) is 7.19. The molecule has 0 N–H and O–H groups in total. The minimum atomic E-state index is -0.614. The second kappa shape index (κ2) is 11.1. The lowest BCUT2D eigenvalue weighted by atomic mass is 9.69. The van der Waals surface area contributed by atoms with Gasteiger partial charge in [0.05, 0.1) is 11.0 Å². The molecule has 2 aromatic carbocycles. The third-order valence-corrected chi connectivity index (χ3v) is 6.64. The highest BCUT2D eigenvalue weighted by Crippen LogP contribution is 2.41. The molecule has 3 nitrogen and oxygen atoms in total. The van der Waals surface area contributed by atoms with E-state index < -0.39 is 5.41 Å². The molecule has 1 fully saturated rings. The highest BCUT2D eigenvalue weighted by atomic mass is 16.5. The molecule has 0 aliphatic heterocycles. The Bertz CT molecular complexity index is 902. The van der Waals surface area contributed by atoms with Crippen LogP contribution in [0.1, 0.15) is 93.4 Å². The molecule has 0 atom stereocenters. The Labute approximate surface area is 187 Å². The van der Waals surface area contributed by atoms with Crippen molar-refractivity contribution in [2.24, 2.45) is 0 Å². The van der Waals surface area contributed by atoms with Crippen LogP contribution in [0.2, 0.25) is 0 Å². The number of rotatable bonds is 9. The second-order valence-corrected chi connectivity index (χ2v) is 9.00. The van der Waals surface area contributed by atoms with Crippen molar-refractivity contribution in [3.63, 3.8) is 0 Å². The predicted molar refractivity (Wildman–Crippen MR) is 125 cm³/mol. The lowest BCUT2D eigenvalue weighted by molar-refractivity contribution is -0.142. The lowest BCUT2D eigenvalue weighted by Crippen LogP contribution is -2.41. The fraction of sp³-hybridized carbons (Fsp3) is 0.500. The molecule has 1 saturated carbocycles. The summed E-state index contributed by atoms with van der Waals surface area (Å²) < 4.78 is 5.92. The van der Waals surface area contributed by atoms with Gasteiger partial charge in [0.2, 0.25) is 0 Å². The maximum Gasteiger partial charge on any atom is 0.321 e. The topological polar surface area (TPSA) is 50.1 Å². The van der Waals surface area contributed by atoms with Crippen LogP contribution in [-0.4, -0.2) is 5.97 Å². The van der Waals surface area contributed by atoms with Gasteiger partial charge in [0.25, 0.3) is 0 Å². The van der Waals surface area contributed by atoms with Gasteiger partial charge in [-0.15, -0.1) is 0 Å². The highest BCUT2D eigenvalue weighted by molar-refractivity contribution is 5.85. The van der Waals surface area contributed by atoms with Gasteiger partial charge in [0, 0.05) is 0 Å². The number of unbranched alkanes of at least 4 members (excludes halogenated alkanes) is 4. The van der Waals surface area contributed by atoms with Crippen LogP contribution in [0.3, 0.4) is 0 Å². The molecule has 0 aromatic heterocycles. The van der Waals surface area contributed by atoms with E-state index in [9.17, 15) is 10.1 Å². The first-order chi connectivity index (χ1) is 15.1. The maximum atomic E-state index is 13.5. The maximum absolute atomic E-state index is 13.5. The number of hydrogen-bond acceptors (Lipinski definition) is 3. The number of nitrogens with zero attached hydrogens (tertiary/aromatic N) is 1. The van der Waals surface area contributed by atoms with Gasteiger partial charge < -0.3 is 4.74 Å². The van der Waals surface area contributed by atoms with Crippen LogP contribution in [0.25, 0.3) is 0 Å². The first kappa shape index (κ1) is 23.1. The van der Waals surface area contributed by atoms with E-state index in [4.69, 9.17) is 4.74 Å². The van der Waals surface area contributed by atoms with Gasteiger partial charge in [-0.2, -0.15) is 5.26 Å². The molecule has 0 saturated heterocycles. The Morgan fingerprint density at radius 1 is 1.00 bits per heavy atom. The van der Waals surface area contributed by atoms with E-state index in [1.165, 1.54) is 31.2 Å². The van der Waals surface area contributed by atoms with Crippen molar-refractivity contribution in [3.05, 3.63) is 64.7 Å². The molecule has 31 heavy (non-hydrogen) atoms. The second-order valence-electron chi connectivity index (χ2n) is 9.00. The van der Waals surface area contributed by atoms with E-state index in [-0.39, 0.29) is 5.97 Å². The SMILES string of the molecule is CCCCCCCc1ccc(OC(=O)C2(c3ccc(C)cc3)CCCCC2)c(C#N)c1. The van der Waals surface area contributed by atoms with Crippen molar-refractivity contribution < 1.29 is 9.53 Å². The molecule has 2 aromatic rings. The van der Waals surface area contributed by atoms with Gasteiger partial charge in [0.15, 0.2) is 0 Å². The first-order valence-electron chi connectivity index (χ1n) is 11.9. The van der Waals surface area contributed by atoms with Crippen molar-refractivity contribution >= 4 is 5.97 Å². The van der Waals surface area contributed by atoms with E-state index in [2.05, 4.69) is 44.2 Å². The Morgan fingerprint density at radius 3 is 2.39 bits per heavy atom. The number of nitriles is 1. The van der Waals surface area contributed by atoms with Crippen LogP contribution in [0, 0.1) is 18.3 Å². The summed E-state index contributed by atoms with van der Waals surface area (Å²) in [7, 11) is 0. The normalized spacial score (nSPS) is 15.3. The summed E-state index contributed by atoms with van der Waals surface area (Å²) >= 11 is 0. The molecular formula is C28H35NO2. The molecule has 3 rings (SSSR count). The third-order valence-electron chi connectivity index (χ3n) is 6.64. The van der Waals surface area contributed by atoms with Crippen molar-refractivity contribution in [1.82, 2.24) is 0 Å². The monoisotopic (exact) mass is 417 g/mol. The van der Waals surface area contributed by atoms with Gasteiger partial charge in [-0.1, -0.05) is 87.8 Å². The van der Waals surface area contributed by atoms with E-state index in [0.29, 0.717) is 11.3 Å². The molecule has 164 valence electrons. The molecule has 1 aliphatic carbocycles. The third kappa shape index (κ3) is 5.76. The number of ether oxygens (including phenoxy) is 1. The molecule has 0 spiro atoms.